The Hall–Kier alpha value is -1.97. The van der Waals surface area contributed by atoms with Gasteiger partial charge in [-0.2, -0.15) is 0 Å². The lowest BCUT2D eigenvalue weighted by Gasteiger charge is -2.12. The lowest BCUT2D eigenvalue weighted by atomic mass is 10.1. The first-order chi connectivity index (χ1) is 12.4. The number of hydrogen-bond donors (Lipinski definition) is 0. The van der Waals surface area contributed by atoms with Crippen molar-refractivity contribution in [2.45, 2.75) is 20.5 Å². The number of benzene rings is 2. The smallest absolute Gasteiger partial charge is 0.310 e. The number of carbonyl (C=O) groups is 1. The molecule has 0 saturated heterocycles. The predicted octanol–water partition coefficient (Wildman–Crippen LogP) is 6.11. The summed E-state index contributed by atoms with van der Waals surface area (Å²) in [7, 11) is 0. The van der Waals surface area contributed by atoms with Crippen molar-refractivity contribution in [2.75, 3.05) is 0 Å². The summed E-state index contributed by atoms with van der Waals surface area (Å²) in [5.41, 5.74) is 0.609. The van der Waals surface area contributed by atoms with Gasteiger partial charge in [-0.1, -0.05) is 73.4 Å². The molecular formula is C21H20Cl2O3. The highest BCUT2D eigenvalue weighted by Crippen LogP contribution is 2.60. The average molecular weight is 391 g/mol. The minimum absolute atomic E-state index is 0.00388. The highest BCUT2D eigenvalue weighted by Gasteiger charge is 2.61. The van der Waals surface area contributed by atoms with Crippen LogP contribution in [0.25, 0.3) is 0 Å². The molecule has 0 spiro atoms. The van der Waals surface area contributed by atoms with Gasteiger partial charge < -0.3 is 9.47 Å². The zero-order valence-electron chi connectivity index (χ0n) is 14.6. The largest absolute Gasteiger partial charge is 0.460 e. The molecule has 0 amide bonds. The molecule has 2 aromatic carbocycles. The number of esters is 1. The van der Waals surface area contributed by atoms with Crippen LogP contribution in [-0.4, -0.2) is 5.97 Å². The molecule has 26 heavy (non-hydrogen) atoms. The summed E-state index contributed by atoms with van der Waals surface area (Å²) < 4.78 is 11.6. The summed E-state index contributed by atoms with van der Waals surface area (Å²) in [5.74, 6) is 0.909. The fourth-order valence-corrected chi connectivity index (χ4v) is 3.42. The lowest BCUT2D eigenvalue weighted by molar-refractivity contribution is -0.147. The average Bonchev–Trinajstić information content (AvgIpc) is 3.14. The third-order valence-corrected chi connectivity index (χ3v) is 5.04. The van der Waals surface area contributed by atoms with Crippen LogP contribution in [0.2, 0.25) is 0 Å². The summed E-state index contributed by atoms with van der Waals surface area (Å²) >= 11 is 11.5. The van der Waals surface area contributed by atoms with Crippen LogP contribution in [0.3, 0.4) is 0 Å². The van der Waals surface area contributed by atoms with E-state index in [0.717, 1.165) is 11.3 Å². The molecular weight excluding hydrogens is 371 g/mol. The van der Waals surface area contributed by atoms with Crippen LogP contribution in [0.4, 0.5) is 0 Å². The van der Waals surface area contributed by atoms with Crippen molar-refractivity contribution >= 4 is 29.2 Å². The number of rotatable bonds is 6. The third-order valence-electron chi connectivity index (χ3n) is 4.78. The second-order valence-corrected chi connectivity index (χ2v) is 7.92. The van der Waals surface area contributed by atoms with Gasteiger partial charge in [0.25, 0.3) is 0 Å². The Morgan fingerprint density at radius 3 is 2.42 bits per heavy atom. The first-order valence-corrected chi connectivity index (χ1v) is 9.15. The maximum Gasteiger partial charge on any atom is 0.310 e. The van der Waals surface area contributed by atoms with Crippen molar-refractivity contribution in [3.63, 3.8) is 0 Å². The van der Waals surface area contributed by atoms with Gasteiger partial charge in [0.2, 0.25) is 0 Å². The second kappa shape index (κ2) is 7.73. The molecule has 1 aliphatic carbocycles. The van der Waals surface area contributed by atoms with Gasteiger partial charge in [-0.25, -0.2) is 0 Å². The van der Waals surface area contributed by atoms with E-state index in [4.69, 9.17) is 32.7 Å². The van der Waals surface area contributed by atoms with Gasteiger partial charge in [-0.05, 0) is 35.6 Å². The van der Waals surface area contributed by atoms with Crippen LogP contribution in [-0.2, 0) is 16.1 Å². The SMILES string of the molecule is CC1(C)[C@H](C=C(Cl)Cl)[C@H]1C(=O)OCc1ccccc1Oc1ccccc1. The molecule has 0 aliphatic heterocycles. The van der Waals surface area contributed by atoms with Crippen molar-refractivity contribution < 1.29 is 14.3 Å². The van der Waals surface area contributed by atoms with E-state index in [1.54, 1.807) is 6.08 Å². The maximum atomic E-state index is 12.5. The molecule has 3 nitrogen and oxygen atoms in total. The Kier molecular flexibility index (Phi) is 5.59. The van der Waals surface area contributed by atoms with E-state index in [1.165, 1.54) is 0 Å². The van der Waals surface area contributed by atoms with Gasteiger partial charge >= 0.3 is 5.97 Å². The Morgan fingerprint density at radius 2 is 1.73 bits per heavy atom. The van der Waals surface area contributed by atoms with Gasteiger partial charge in [0.15, 0.2) is 0 Å². The molecule has 2 atom stereocenters. The Morgan fingerprint density at radius 1 is 1.08 bits per heavy atom. The minimum atomic E-state index is -0.250. The van der Waals surface area contributed by atoms with Crippen molar-refractivity contribution in [3.05, 3.63) is 70.7 Å². The Balaban J connectivity index is 1.65. The number of allylic oxidation sites excluding steroid dienone is 1. The summed E-state index contributed by atoms with van der Waals surface area (Å²) in [5, 5.41) is 0. The molecule has 1 saturated carbocycles. The van der Waals surface area contributed by atoms with Crippen molar-refractivity contribution in [1.82, 2.24) is 0 Å². The zero-order chi connectivity index (χ0) is 18.7. The molecule has 2 aromatic rings. The Labute approximate surface area is 163 Å². The number of halogens is 2. The standard InChI is InChI=1S/C21H20Cl2O3/c1-21(2)16(12-18(22)23)19(21)20(24)25-13-14-8-6-7-11-17(14)26-15-9-4-3-5-10-15/h3-12,16,19H,13H2,1-2H3/t16-,19+/m1/s1. The highest BCUT2D eigenvalue weighted by atomic mass is 35.5. The van der Waals surface area contributed by atoms with E-state index < -0.39 is 0 Å². The molecule has 136 valence electrons. The van der Waals surface area contributed by atoms with Gasteiger partial charge in [-0.15, -0.1) is 0 Å². The fourth-order valence-electron chi connectivity index (χ4n) is 3.15. The molecule has 0 radical (unpaired) electrons. The van der Waals surface area contributed by atoms with E-state index in [-0.39, 0.29) is 34.3 Å². The minimum Gasteiger partial charge on any atom is -0.460 e. The topological polar surface area (TPSA) is 35.5 Å². The van der Waals surface area contributed by atoms with Crippen LogP contribution in [0, 0.1) is 17.3 Å². The van der Waals surface area contributed by atoms with Crippen molar-refractivity contribution in [2.24, 2.45) is 17.3 Å². The van der Waals surface area contributed by atoms with E-state index in [2.05, 4.69) is 0 Å². The molecule has 0 heterocycles. The number of hydrogen-bond acceptors (Lipinski definition) is 3. The van der Waals surface area contributed by atoms with Gasteiger partial charge in [-0.3, -0.25) is 4.79 Å². The molecule has 1 fully saturated rings. The summed E-state index contributed by atoms with van der Waals surface area (Å²) in [6.07, 6.45) is 1.71. The van der Waals surface area contributed by atoms with Crippen LogP contribution in [0.1, 0.15) is 19.4 Å². The van der Waals surface area contributed by atoms with Crippen LogP contribution >= 0.6 is 23.2 Å². The first-order valence-electron chi connectivity index (χ1n) is 8.40. The molecule has 0 N–H and O–H groups in total. The normalized spacial score (nSPS) is 20.2. The number of carbonyl (C=O) groups excluding carboxylic acids is 1. The lowest BCUT2D eigenvalue weighted by Crippen LogP contribution is -2.11. The second-order valence-electron chi connectivity index (χ2n) is 6.91. The monoisotopic (exact) mass is 390 g/mol. The van der Waals surface area contributed by atoms with Crippen molar-refractivity contribution in [1.29, 1.82) is 0 Å². The number of ether oxygens (including phenoxy) is 2. The van der Waals surface area contributed by atoms with Crippen LogP contribution in [0.15, 0.2) is 65.2 Å². The summed E-state index contributed by atoms with van der Waals surface area (Å²) in [6, 6.07) is 17.0. The molecule has 0 aromatic heterocycles. The molecule has 1 aliphatic rings. The molecule has 0 bridgehead atoms. The Bertz CT molecular complexity index is 811. The predicted molar refractivity (Wildman–Crippen MR) is 103 cm³/mol. The van der Waals surface area contributed by atoms with E-state index in [9.17, 15) is 4.79 Å². The maximum absolute atomic E-state index is 12.5. The van der Waals surface area contributed by atoms with Crippen molar-refractivity contribution in [3.8, 4) is 11.5 Å². The van der Waals surface area contributed by atoms with E-state index >= 15 is 0 Å². The molecule has 3 rings (SSSR count). The van der Waals surface area contributed by atoms with Gasteiger partial charge in [0.05, 0.1) is 5.92 Å². The third kappa shape index (κ3) is 4.22. The number of para-hydroxylation sites is 2. The van der Waals surface area contributed by atoms with Crippen LogP contribution < -0.4 is 4.74 Å². The fraction of sp³-hybridized carbons (Fsp3) is 0.286. The highest BCUT2D eigenvalue weighted by molar-refractivity contribution is 6.55. The zero-order valence-corrected chi connectivity index (χ0v) is 16.1. The van der Waals surface area contributed by atoms with Gasteiger partial charge in [0, 0.05) is 5.56 Å². The first kappa shape index (κ1) is 18.8. The van der Waals surface area contributed by atoms with E-state index in [1.807, 2.05) is 68.4 Å². The molecule has 0 unspecified atom stereocenters. The van der Waals surface area contributed by atoms with Crippen LogP contribution in [0.5, 0.6) is 11.5 Å². The van der Waals surface area contributed by atoms with Gasteiger partial charge in [0.1, 0.15) is 22.6 Å². The van der Waals surface area contributed by atoms with E-state index in [0.29, 0.717) is 5.75 Å². The molecule has 5 heteroatoms. The quantitative estimate of drug-likeness (QED) is 0.557. The summed E-state index contributed by atoms with van der Waals surface area (Å²) in [6.45, 7) is 4.16. The summed E-state index contributed by atoms with van der Waals surface area (Å²) in [4.78, 5) is 12.5.